The molecule has 3 heterocycles. The molecule has 2 aliphatic carbocycles. The Hall–Kier alpha value is -2.50. The number of aromatic nitrogens is 2. The summed E-state index contributed by atoms with van der Waals surface area (Å²) in [5, 5.41) is 13.7. The molecule has 166 valence electrons. The molecule has 0 saturated heterocycles. The highest BCUT2D eigenvalue weighted by atomic mass is 32.1. The summed E-state index contributed by atoms with van der Waals surface area (Å²) in [5.41, 5.74) is 2.87. The van der Waals surface area contributed by atoms with E-state index in [0.29, 0.717) is 21.9 Å². The smallest absolute Gasteiger partial charge is 0.262 e. The van der Waals surface area contributed by atoms with Gasteiger partial charge in [0.25, 0.3) is 5.56 Å². The minimum atomic E-state index is -0.304. The zero-order chi connectivity index (χ0) is 22.6. The molecule has 3 aromatic rings. The van der Waals surface area contributed by atoms with Gasteiger partial charge in [-0.3, -0.25) is 14.2 Å². The predicted octanol–water partition coefficient (Wildman–Crippen LogP) is 4.67. The van der Waals surface area contributed by atoms with Crippen LogP contribution in [-0.4, -0.2) is 15.5 Å². The average Bonchev–Trinajstić information content (AvgIpc) is 3.41. The third kappa shape index (κ3) is 3.57. The molecule has 0 aromatic carbocycles. The quantitative estimate of drug-likeness (QED) is 0.608. The van der Waals surface area contributed by atoms with E-state index in [4.69, 9.17) is 0 Å². The fourth-order valence-corrected chi connectivity index (χ4v) is 7.50. The van der Waals surface area contributed by atoms with Gasteiger partial charge < -0.3 is 5.32 Å². The molecule has 0 saturated carbocycles. The Morgan fingerprint density at radius 1 is 1.25 bits per heavy atom. The average molecular weight is 467 g/mol. The first kappa shape index (κ1) is 21.4. The number of amides is 1. The highest BCUT2D eigenvalue weighted by Crippen LogP contribution is 2.42. The van der Waals surface area contributed by atoms with Crippen molar-refractivity contribution in [3.63, 3.8) is 0 Å². The lowest BCUT2D eigenvalue weighted by Crippen LogP contribution is -2.29. The molecule has 5 rings (SSSR count). The van der Waals surface area contributed by atoms with Crippen molar-refractivity contribution in [2.24, 2.45) is 11.3 Å². The number of fused-ring (bicyclic) bond motifs is 4. The number of nitriles is 1. The molecule has 1 N–H and O–H groups in total. The van der Waals surface area contributed by atoms with E-state index in [-0.39, 0.29) is 23.4 Å². The summed E-state index contributed by atoms with van der Waals surface area (Å²) in [7, 11) is 0. The highest BCUT2D eigenvalue weighted by Gasteiger charge is 2.32. The fourth-order valence-electron chi connectivity index (χ4n) is 4.98. The van der Waals surface area contributed by atoms with Crippen LogP contribution in [0.4, 0.5) is 5.00 Å². The minimum Gasteiger partial charge on any atom is -0.315 e. The lowest BCUT2D eigenvalue weighted by atomic mass is 9.72. The van der Waals surface area contributed by atoms with Crippen molar-refractivity contribution in [1.82, 2.24) is 9.55 Å². The van der Waals surface area contributed by atoms with Crippen LogP contribution < -0.4 is 10.9 Å². The van der Waals surface area contributed by atoms with Gasteiger partial charge in [-0.25, -0.2) is 4.98 Å². The lowest BCUT2D eigenvalue weighted by Gasteiger charge is -2.33. The van der Waals surface area contributed by atoms with Crippen LogP contribution in [0.3, 0.4) is 0 Å². The number of nitrogens with one attached hydrogen (secondary N) is 1. The van der Waals surface area contributed by atoms with Crippen molar-refractivity contribution in [2.75, 3.05) is 5.32 Å². The van der Waals surface area contributed by atoms with Crippen molar-refractivity contribution < 1.29 is 4.79 Å². The van der Waals surface area contributed by atoms with Crippen LogP contribution in [-0.2, 0) is 37.0 Å². The van der Waals surface area contributed by atoms with Gasteiger partial charge in [-0.1, -0.05) is 20.8 Å². The number of rotatable bonds is 3. The highest BCUT2D eigenvalue weighted by molar-refractivity contribution is 7.18. The van der Waals surface area contributed by atoms with Gasteiger partial charge in [0.1, 0.15) is 22.4 Å². The van der Waals surface area contributed by atoms with Crippen LogP contribution in [0.5, 0.6) is 0 Å². The minimum absolute atomic E-state index is 0.107. The number of hydrogen-bond acceptors (Lipinski definition) is 6. The number of thiophene rings is 2. The van der Waals surface area contributed by atoms with E-state index in [9.17, 15) is 14.9 Å². The summed E-state index contributed by atoms with van der Waals surface area (Å²) < 4.78 is 1.40. The number of nitrogens with zero attached hydrogens (tertiary/aromatic N) is 3. The number of anilines is 1. The number of carbonyl (C=O) groups excluding carboxylic acids is 1. The van der Waals surface area contributed by atoms with Gasteiger partial charge in [0.2, 0.25) is 5.91 Å². The second-order valence-corrected chi connectivity index (χ2v) is 12.1. The lowest BCUT2D eigenvalue weighted by molar-refractivity contribution is -0.116. The van der Waals surface area contributed by atoms with Gasteiger partial charge in [-0.05, 0) is 61.0 Å². The molecule has 3 aromatic heterocycles. The Labute approximate surface area is 194 Å². The van der Waals surface area contributed by atoms with Gasteiger partial charge in [0, 0.05) is 9.75 Å². The predicted molar refractivity (Wildman–Crippen MR) is 129 cm³/mol. The Morgan fingerprint density at radius 3 is 2.81 bits per heavy atom. The molecule has 6 nitrogen and oxygen atoms in total. The number of carbonyl (C=O) groups is 1. The third-order valence-electron chi connectivity index (χ3n) is 6.86. The molecule has 0 spiro atoms. The van der Waals surface area contributed by atoms with E-state index in [1.807, 2.05) is 0 Å². The van der Waals surface area contributed by atoms with Gasteiger partial charge in [-0.2, -0.15) is 5.26 Å². The molecule has 1 atom stereocenters. The Morgan fingerprint density at radius 2 is 2.06 bits per heavy atom. The summed E-state index contributed by atoms with van der Waals surface area (Å²) in [6, 6.07) is 2.24. The Bertz CT molecular complexity index is 1330. The van der Waals surface area contributed by atoms with Gasteiger partial charge in [0.15, 0.2) is 0 Å². The number of hydrogen-bond donors (Lipinski definition) is 1. The molecule has 8 heteroatoms. The second kappa shape index (κ2) is 7.82. The first-order chi connectivity index (χ1) is 15.3. The van der Waals surface area contributed by atoms with Crippen molar-refractivity contribution in [1.29, 1.82) is 5.26 Å². The van der Waals surface area contributed by atoms with E-state index in [1.165, 1.54) is 32.0 Å². The maximum atomic E-state index is 13.3. The normalized spacial score (nSPS) is 17.8. The number of aryl methyl sites for hydroxylation is 2. The molecular weight excluding hydrogens is 440 g/mol. The Kier molecular flexibility index (Phi) is 5.22. The van der Waals surface area contributed by atoms with E-state index in [2.05, 4.69) is 37.1 Å². The molecule has 0 unspecified atom stereocenters. The maximum Gasteiger partial charge on any atom is 0.262 e. The molecule has 0 bridgehead atoms. The summed E-state index contributed by atoms with van der Waals surface area (Å²) in [6.45, 7) is 6.73. The van der Waals surface area contributed by atoms with Gasteiger partial charge in [-0.15, -0.1) is 22.7 Å². The molecule has 0 radical (unpaired) electrons. The van der Waals surface area contributed by atoms with Crippen molar-refractivity contribution in [3.8, 4) is 6.07 Å². The fraction of sp³-hybridized carbons (Fsp3) is 0.500. The largest absolute Gasteiger partial charge is 0.315 e. The van der Waals surface area contributed by atoms with E-state index < -0.39 is 0 Å². The standard InChI is InChI=1S/C24H26N4O2S2/c1-24(2,3)13-7-8-15-18(9-13)32-22-20(15)23(30)28(12-26-22)11-19(29)27-21-16(10-25)14-5-4-6-17(14)31-21/h12-13H,4-9,11H2,1-3H3,(H,27,29)/t13-/m1/s1. The van der Waals surface area contributed by atoms with E-state index in [1.54, 1.807) is 11.3 Å². The van der Waals surface area contributed by atoms with Gasteiger partial charge >= 0.3 is 0 Å². The molecule has 0 fully saturated rings. The van der Waals surface area contributed by atoms with Crippen LogP contribution in [0.25, 0.3) is 10.2 Å². The summed E-state index contributed by atoms with van der Waals surface area (Å²) >= 11 is 3.11. The van der Waals surface area contributed by atoms with Crippen LogP contribution in [0, 0.1) is 22.7 Å². The monoisotopic (exact) mass is 466 g/mol. The van der Waals surface area contributed by atoms with Crippen molar-refractivity contribution >= 4 is 43.8 Å². The first-order valence-electron chi connectivity index (χ1n) is 11.1. The zero-order valence-corrected chi connectivity index (χ0v) is 20.2. The van der Waals surface area contributed by atoms with Crippen molar-refractivity contribution in [3.05, 3.63) is 43.1 Å². The molecule has 0 aliphatic heterocycles. The molecule has 1 amide bonds. The molecule has 32 heavy (non-hydrogen) atoms. The van der Waals surface area contributed by atoms with Gasteiger partial charge in [0.05, 0.1) is 17.3 Å². The first-order valence-corrected chi connectivity index (χ1v) is 12.7. The van der Waals surface area contributed by atoms with Crippen LogP contribution in [0.1, 0.15) is 60.1 Å². The second-order valence-electron chi connectivity index (χ2n) is 9.89. The SMILES string of the molecule is CC(C)(C)[C@@H]1CCc2c(sc3ncn(CC(=O)Nc4sc5c(c4C#N)CCC5)c(=O)c23)C1. The van der Waals surface area contributed by atoms with E-state index >= 15 is 0 Å². The topological polar surface area (TPSA) is 87.8 Å². The third-order valence-corrected chi connectivity index (χ3v) is 9.23. The van der Waals surface area contributed by atoms with Crippen LogP contribution >= 0.6 is 22.7 Å². The van der Waals surface area contributed by atoms with Crippen LogP contribution in [0.2, 0.25) is 0 Å². The van der Waals surface area contributed by atoms with E-state index in [0.717, 1.165) is 54.5 Å². The Balaban J connectivity index is 1.40. The summed E-state index contributed by atoms with van der Waals surface area (Å²) in [6.07, 6.45) is 7.33. The van der Waals surface area contributed by atoms with Crippen LogP contribution in [0.15, 0.2) is 11.1 Å². The molecule has 2 aliphatic rings. The summed E-state index contributed by atoms with van der Waals surface area (Å²) in [4.78, 5) is 33.8. The summed E-state index contributed by atoms with van der Waals surface area (Å²) in [5.74, 6) is 0.291. The van der Waals surface area contributed by atoms with Crippen molar-refractivity contribution in [2.45, 2.75) is 65.8 Å². The molecular formula is C24H26N4O2S2. The maximum absolute atomic E-state index is 13.3. The zero-order valence-electron chi connectivity index (χ0n) is 18.6.